The first-order valence-electron chi connectivity index (χ1n) is 10.4. The molecule has 0 bridgehead atoms. The quantitative estimate of drug-likeness (QED) is 0.209. The predicted molar refractivity (Wildman–Crippen MR) is 132 cm³/mol. The number of rotatable bonds is 8. The first-order chi connectivity index (χ1) is 15.7. The molecule has 4 nitrogen and oxygen atoms in total. The Labute approximate surface area is 192 Å². The Kier molecular flexibility index (Phi) is 7.20. The average molecular weight is 441 g/mol. The van der Waals surface area contributed by atoms with Gasteiger partial charge in [0.1, 0.15) is 12.4 Å². The second-order valence-electron chi connectivity index (χ2n) is 7.43. The number of fused-ring (bicyclic) bond motifs is 1. The van der Waals surface area contributed by atoms with Crippen molar-refractivity contribution in [2.45, 2.75) is 18.4 Å². The zero-order valence-corrected chi connectivity index (χ0v) is 18.6. The Morgan fingerprint density at radius 3 is 2.47 bits per heavy atom. The molecule has 4 aromatic rings. The number of amides is 1. The van der Waals surface area contributed by atoms with Crippen molar-refractivity contribution in [3.05, 3.63) is 108 Å². The molecule has 0 aliphatic carbocycles. The zero-order valence-electron chi connectivity index (χ0n) is 17.8. The SMILES string of the molecule is Cc1ccc(SCC(=O)N/N=C\c2ccc(OCc3ccc4ccccc4c3)cc2)cc1. The monoisotopic (exact) mass is 440 g/mol. The summed E-state index contributed by atoms with van der Waals surface area (Å²) in [5.41, 5.74) is 5.78. The van der Waals surface area contributed by atoms with Gasteiger partial charge in [-0.25, -0.2) is 5.43 Å². The van der Waals surface area contributed by atoms with Gasteiger partial charge in [0, 0.05) is 4.90 Å². The third kappa shape index (κ3) is 6.22. The van der Waals surface area contributed by atoms with Crippen molar-refractivity contribution in [1.82, 2.24) is 5.43 Å². The summed E-state index contributed by atoms with van der Waals surface area (Å²) in [5, 5.41) is 6.47. The number of hydrazone groups is 1. The normalized spacial score (nSPS) is 11.0. The van der Waals surface area contributed by atoms with Gasteiger partial charge in [-0.2, -0.15) is 5.10 Å². The minimum absolute atomic E-state index is 0.137. The van der Waals surface area contributed by atoms with Crippen LogP contribution in [-0.2, 0) is 11.4 Å². The van der Waals surface area contributed by atoms with Gasteiger partial charge < -0.3 is 4.74 Å². The number of hydrogen-bond acceptors (Lipinski definition) is 4. The summed E-state index contributed by atoms with van der Waals surface area (Å²) in [4.78, 5) is 13.0. The van der Waals surface area contributed by atoms with E-state index >= 15 is 0 Å². The number of ether oxygens (including phenoxy) is 1. The molecular weight excluding hydrogens is 416 g/mol. The number of thioether (sulfide) groups is 1. The molecule has 5 heteroatoms. The molecule has 0 aliphatic heterocycles. The Bertz CT molecular complexity index is 1220. The van der Waals surface area contributed by atoms with E-state index in [1.165, 1.54) is 28.1 Å². The molecule has 0 unspecified atom stereocenters. The van der Waals surface area contributed by atoms with Crippen LogP contribution in [0.4, 0.5) is 0 Å². The maximum absolute atomic E-state index is 12.0. The lowest BCUT2D eigenvalue weighted by Crippen LogP contribution is -2.19. The van der Waals surface area contributed by atoms with Crippen molar-refractivity contribution in [1.29, 1.82) is 0 Å². The van der Waals surface area contributed by atoms with Gasteiger partial charge in [-0.15, -0.1) is 11.8 Å². The number of nitrogens with one attached hydrogen (secondary N) is 1. The van der Waals surface area contributed by atoms with Crippen molar-refractivity contribution < 1.29 is 9.53 Å². The van der Waals surface area contributed by atoms with Crippen molar-refractivity contribution in [2.24, 2.45) is 5.10 Å². The Morgan fingerprint density at radius 2 is 1.69 bits per heavy atom. The molecule has 0 heterocycles. The molecule has 0 atom stereocenters. The summed E-state index contributed by atoms with van der Waals surface area (Å²) in [7, 11) is 0. The van der Waals surface area contributed by atoms with Crippen LogP contribution < -0.4 is 10.2 Å². The summed E-state index contributed by atoms with van der Waals surface area (Å²) in [6, 6.07) is 30.4. The summed E-state index contributed by atoms with van der Waals surface area (Å²) < 4.78 is 5.90. The lowest BCUT2D eigenvalue weighted by molar-refractivity contribution is -0.118. The second kappa shape index (κ2) is 10.6. The van der Waals surface area contributed by atoms with Crippen LogP contribution in [0.5, 0.6) is 5.75 Å². The average Bonchev–Trinajstić information content (AvgIpc) is 2.83. The van der Waals surface area contributed by atoms with E-state index in [1.807, 2.05) is 67.6 Å². The topological polar surface area (TPSA) is 50.7 Å². The third-order valence-corrected chi connectivity index (χ3v) is 5.91. The highest BCUT2D eigenvalue weighted by molar-refractivity contribution is 8.00. The molecule has 1 amide bonds. The Balaban J connectivity index is 1.23. The number of nitrogens with zero attached hydrogens (tertiary/aromatic N) is 1. The van der Waals surface area contributed by atoms with E-state index in [2.05, 4.69) is 40.9 Å². The molecule has 0 aromatic heterocycles. The van der Waals surface area contributed by atoms with Crippen LogP contribution in [0, 0.1) is 6.92 Å². The zero-order chi connectivity index (χ0) is 22.2. The van der Waals surface area contributed by atoms with Crippen LogP contribution in [0.15, 0.2) is 101 Å². The minimum atomic E-state index is -0.137. The van der Waals surface area contributed by atoms with Gasteiger partial charge in [-0.05, 0) is 71.3 Å². The fourth-order valence-corrected chi connectivity index (χ4v) is 3.83. The van der Waals surface area contributed by atoms with Crippen LogP contribution in [-0.4, -0.2) is 17.9 Å². The van der Waals surface area contributed by atoms with Crippen molar-refractivity contribution >= 4 is 34.7 Å². The summed E-state index contributed by atoms with van der Waals surface area (Å²) >= 11 is 1.49. The lowest BCUT2D eigenvalue weighted by atomic mass is 10.1. The van der Waals surface area contributed by atoms with Crippen LogP contribution >= 0.6 is 11.8 Å². The Hall–Kier alpha value is -3.57. The molecule has 1 N–H and O–H groups in total. The van der Waals surface area contributed by atoms with E-state index in [0.29, 0.717) is 12.4 Å². The van der Waals surface area contributed by atoms with Gasteiger partial charge in [0.15, 0.2) is 0 Å². The molecule has 4 rings (SSSR count). The van der Waals surface area contributed by atoms with Crippen LogP contribution in [0.3, 0.4) is 0 Å². The summed E-state index contributed by atoms with van der Waals surface area (Å²) in [6.07, 6.45) is 1.63. The second-order valence-corrected chi connectivity index (χ2v) is 8.48. The van der Waals surface area contributed by atoms with Crippen molar-refractivity contribution in [3.8, 4) is 5.75 Å². The number of carbonyl (C=O) groups is 1. The van der Waals surface area contributed by atoms with E-state index < -0.39 is 0 Å². The van der Waals surface area contributed by atoms with Crippen LogP contribution in [0.25, 0.3) is 10.8 Å². The molecule has 160 valence electrons. The third-order valence-electron chi connectivity index (χ3n) is 4.89. The molecular formula is C27H24N2O2S. The smallest absolute Gasteiger partial charge is 0.250 e. The maximum Gasteiger partial charge on any atom is 0.250 e. The van der Waals surface area contributed by atoms with Gasteiger partial charge >= 0.3 is 0 Å². The predicted octanol–water partition coefficient (Wildman–Crippen LogP) is 5.97. The molecule has 0 radical (unpaired) electrons. The van der Waals surface area contributed by atoms with Gasteiger partial charge in [0.05, 0.1) is 12.0 Å². The molecule has 4 aromatic carbocycles. The van der Waals surface area contributed by atoms with Crippen molar-refractivity contribution in [3.63, 3.8) is 0 Å². The fraction of sp³-hybridized carbons (Fsp3) is 0.111. The minimum Gasteiger partial charge on any atom is -0.489 e. The number of benzene rings is 4. The fourth-order valence-electron chi connectivity index (χ4n) is 3.14. The maximum atomic E-state index is 12.0. The molecule has 0 saturated carbocycles. The van der Waals surface area contributed by atoms with E-state index in [-0.39, 0.29) is 5.91 Å². The first-order valence-corrected chi connectivity index (χ1v) is 11.4. The standard InChI is InChI=1S/C27H24N2O2S/c1-20-6-14-26(15-7-20)32-19-27(30)29-28-17-21-9-12-25(13-10-21)31-18-22-8-11-23-4-2-3-5-24(23)16-22/h2-17H,18-19H2,1H3,(H,29,30)/b28-17-. The lowest BCUT2D eigenvalue weighted by Gasteiger charge is -2.07. The van der Waals surface area contributed by atoms with E-state index in [0.717, 1.165) is 21.8 Å². The van der Waals surface area contributed by atoms with E-state index in [9.17, 15) is 4.79 Å². The van der Waals surface area contributed by atoms with E-state index in [4.69, 9.17) is 4.74 Å². The van der Waals surface area contributed by atoms with Crippen LogP contribution in [0.1, 0.15) is 16.7 Å². The molecule has 0 saturated heterocycles. The van der Waals surface area contributed by atoms with E-state index in [1.54, 1.807) is 6.21 Å². The molecule has 0 aliphatic rings. The molecule has 32 heavy (non-hydrogen) atoms. The van der Waals surface area contributed by atoms with Gasteiger partial charge in [-0.1, -0.05) is 54.1 Å². The highest BCUT2D eigenvalue weighted by Crippen LogP contribution is 2.19. The number of carbonyl (C=O) groups excluding carboxylic acids is 1. The summed E-state index contributed by atoms with van der Waals surface area (Å²) in [6.45, 7) is 2.55. The number of aryl methyl sites for hydroxylation is 1. The van der Waals surface area contributed by atoms with Gasteiger partial charge in [-0.3, -0.25) is 4.79 Å². The highest BCUT2D eigenvalue weighted by Gasteiger charge is 2.02. The number of hydrogen-bond donors (Lipinski definition) is 1. The van der Waals surface area contributed by atoms with Gasteiger partial charge in [0.2, 0.25) is 5.91 Å². The van der Waals surface area contributed by atoms with Crippen LogP contribution in [0.2, 0.25) is 0 Å². The summed E-state index contributed by atoms with van der Waals surface area (Å²) in [5.74, 6) is 0.970. The molecule has 0 spiro atoms. The molecule has 0 fully saturated rings. The highest BCUT2D eigenvalue weighted by atomic mass is 32.2. The Morgan fingerprint density at radius 1 is 0.938 bits per heavy atom. The van der Waals surface area contributed by atoms with Crippen molar-refractivity contribution in [2.75, 3.05) is 5.75 Å². The first kappa shape index (κ1) is 21.7. The largest absolute Gasteiger partial charge is 0.489 e. The van der Waals surface area contributed by atoms with Gasteiger partial charge in [0.25, 0.3) is 0 Å².